The molecule has 0 aliphatic carbocycles. The van der Waals surface area contributed by atoms with Crippen LogP contribution in [0.15, 0.2) is 36.4 Å². The molecule has 0 saturated carbocycles. The molecule has 5 nitrogen and oxygen atoms in total. The largest absolute Gasteiger partial charge is 0.365 e. The molecule has 3 aromatic rings. The number of aryl methyl sites for hydroxylation is 1. The average Bonchev–Trinajstić information content (AvgIpc) is 3.01. The molecule has 2 aromatic carbocycles. The van der Waals surface area contributed by atoms with E-state index in [0.29, 0.717) is 0 Å². The Labute approximate surface area is 171 Å². The number of hydrogen-bond acceptors (Lipinski definition) is 5. The van der Waals surface area contributed by atoms with Gasteiger partial charge in [0.1, 0.15) is 22.2 Å². The number of sulfone groups is 1. The number of hydrogen-bond donors (Lipinski definition) is 2. The zero-order chi connectivity index (χ0) is 21.0. The molecule has 2 heterocycles. The van der Waals surface area contributed by atoms with Crippen LogP contribution in [0.4, 0.5) is 8.78 Å². The normalized spacial score (nSPS) is 23.9. The van der Waals surface area contributed by atoms with Gasteiger partial charge in [-0.25, -0.2) is 22.2 Å². The zero-order valence-corrected chi connectivity index (χ0v) is 17.4. The van der Waals surface area contributed by atoms with Crippen LogP contribution in [0.3, 0.4) is 0 Å². The van der Waals surface area contributed by atoms with E-state index in [-0.39, 0.29) is 17.8 Å². The van der Waals surface area contributed by atoms with E-state index in [1.54, 1.807) is 0 Å². The molecular formula is C20H19F2N3O2S2. The minimum absolute atomic E-state index is 0.0954. The molecule has 0 bridgehead atoms. The van der Waals surface area contributed by atoms with Gasteiger partial charge in [-0.15, -0.1) is 11.3 Å². The van der Waals surface area contributed by atoms with Crippen LogP contribution in [0, 0.1) is 24.0 Å². The standard InChI is InChI=1S/C20H19F2N3O2S2/c1-11-24-16-6-3-12(7-18(16)28-11)9-20(2)19(23)25-17(10-29(20,26)27)14-8-13(21)4-5-15(14)22/h3-8,17H,9-10H2,1-2H3,(H2,23,25)/t17-,20?/m0/s1. The summed E-state index contributed by atoms with van der Waals surface area (Å²) in [5.74, 6) is -2.01. The van der Waals surface area contributed by atoms with E-state index in [4.69, 9.17) is 5.41 Å². The van der Waals surface area contributed by atoms with Gasteiger partial charge in [0.05, 0.1) is 27.0 Å². The van der Waals surface area contributed by atoms with Crippen molar-refractivity contribution in [2.75, 3.05) is 5.75 Å². The van der Waals surface area contributed by atoms with E-state index in [1.807, 2.05) is 25.1 Å². The Balaban J connectivity index is 1.67. The molecule has 2 N–H and O–H groups in total. The Kier molecular flexibility index (Phi) is 4.70. The first-order chi connectivity index (χ1) is 13.6. The average molecular weight is 436 g/mol. The molecule has 1 aliphatic heterocycles. The van der Waals surface area contributed by atoms with E-state index in [0.717, 1.165) is 39.0 Å². The van der Waals surface area contributed by atoms with E-state index >= 15 is 0 Å². The summed E-state index contributed by atoms with van der Waals surface area (Å²) in [6.07, 6.45) is 0.104. The van der Waals surface area contributed by atoms with Crippen LogP contribution in [0.2, 0.25) is 0 Å². The maximum atomic E-state index is 14.1. The van der Waals surface area contributed by atoms with Crippen LogP contribution in [-0.2, 0) is 16.3 Å². The van der Waals surface area contributed by atoms with Crippen LogP contribution in [0.1, 0.15) is 29.1 Å². The minimum atomic E-state index is -3.83. The molecule has 1 saturated heterocycles. The number of rotatable bonds is 3. The van der Waals surface area contributed by atoms with Gasteiger partial charge in [-0.1, -0.05) is 6.07 Å². The van der Waals surface area contributed by atoms with Crippen molar-refractivity contribution in [3.8, 4) is 0 Å². The molecule has 29 heavy (non-hydrogen) atoms. The molecule has 1 unspecified atom stereocenters. The quantitative estimate of drug-likeness (QED) is 0.653. The van der Waals surface area contributed by atoms with E-state index in [9.17, 15) is 17.2 Å². The smallest absolute Gasteiger partial charge is 0.165 e. The van der Waals surface area contributed by atoms with Crippen molar-refractivity contribution in [2.45, 2.75) is 31.1 Å². The lowest BCUT2D eigenvalue weighted by atomic mass is 9.97. The number of nitrogens with zero attached hydrogens (tertiary/aromatic N) is 1. The maximum absolute atomic E-state index is 14.1. The van der Waals surface area contributed by atoms with Crippen LogP contribution < -0.4 is 5.32 Å². The first-order valence-electron chi connectivity index (χ1n) is 8.98. The van der Waals surface area contributed by atoms with Gasteiger partial charge >= 0.3 is 0 Å². The predicted octanol–water partition coefficient (Wildman–Crippen LogP) is 3.92. The van der Waals surface area contributed by atoms with Gasteiger partial charge in [-0.3, -0.25) is 5.41 Å². The van der Waals surface area contributed by atoms with Crippen molar-refractivity contribution in [2.24, 2.45) is 0 Å². The van der Waals surface area contributed by atoms with Crippen molar-refractivity contribution in [1.29, 1.82) is 5.41 Å². The molecule has 152 valence electrons. The number of thiazole rings is 1. The summed E-state index contributed by atoms with van der Waals surface area (Å²) >= 11 is 1.52. The van der Waals surface area contributed by atoms with Crippen molar-refractivity contribution in [3.63, 3.8) is 0 Å². The third-order valence-electron chi connectivity index (χ3n) is 5.35. The van der Waals surface area contributed by atoms with Gasteiger partial charge in [0.2, 0.25) is 0 Å². The molecule has 9 heteroatoms. The second-order valence-corrected chi connectivity index (χ2v) is 11.2. The number of aromatic nitrogens is 1. The third kappa shape index (κ3) is 3.42. The Bertz CT molecular complexity index is 1240. The Morgan fingerprint density at radius 1 is 1.28 bits per heavy atom. The number of fused-ring (bicyclic) bond motifs is 1. The van der Waals surface area contributed by atoms with Crippen molar-refractivity contribution >= 4 is 37.2 Å². The third-order valence-corrected chi connectivity index (χ3v) is 8.78. The molecule has 1 aromatic heterocycles. The van der Waals surface area contributed by atoms with Crippen LogP contribution in [-0.4, -0.2) is 29.7 Å². The topological polar surface area (TPSA) is 82.9 Å². The van der Waals surface area contributed by atoms with E-state index in [1.165, 1.54) is 18.3 Å². The van der Waals surface area contributed by atoms with E-state index in [2.05, 4.69) is 10.3 Å². The van der Waals surface area contributed by atoms with Gasteiger partial charge in [0.15, 0.2) is 9.84 Å². The van der Waals surface area contributed by atoms with Gasteiger partial charge in [-0.2, -0.15) is 0 Å². The summed E-state index contributed by atoms with van der Waals surface area (Å²) in [5, 5.41) is 12.1. The highest BCUT2D eigenvalue weighted by Gasteiger charge is 2.49. The Morgan fingerprint density at radius 3 is 2.76 bits per heavy atom. The summed E-state index contributed by atoms with van der Waals surface area (Å²) in [7, 11) is -3.83. The lowest BCUT2D eigenvalue weighted by molar-refractivity contribution is 0.513. The predicted molar refractivity (Wildman–Crippen MR) is 110 cm³/mol. The summed E-state index contributed by atoms with van der Waals surface area (Å²) < 4.78 is 53.5. The Hall–Kier alpha value is -2.39. The van der Waals surface area contributed by atoms with Crippen molar-refractivity contribution < 1.29 is 17.2 Å². The fourth-order valence-corrected chi connectivity index (χ4v) is 6.38. The fourth-order valence-electron chi connectivity index (χ4n) is 3.66. The van der Waals surface area contributed by atoms with Gasteiger partial charge in [-0.05, 0) is 56.2 Å². The molecule has 0 amide bonds. The SMILES string of the molecule is Cc1nc2ccc(CC3(C)C(=N)N[C@H](c4cc(F)ccc4F)CS3(=O)=O)cc2s1. The minimum Gasteiger partial charge on any atom is -0.365 e. The molecule has 1 fully saturated rings. The summed E-state index contributed by atoms with van der Waals surface area (Å²) in [6, 6.07) is 7.45. The second kappa shape index (κ2) is 6.84. The molecule has 1 aliphatic rings. The molecule has 0 radical (unpaired) electrons. The van der Waals surface area contributed by atoms with Crippen LogP contribution in [0.5, 0.6) is 0 Å². The number of halogens is 2. The van der Waals surface area contributed by atoms with Gasteiger partial charge in [0.25, 0.3) is 0 Å². The first kappa shape index (κ1) is 19.9. The summed E-state index contributed by atoms with van der Waals surface area (Å²) in [5.41, 5.74) is 1.53. The number of amidine groups is 1. The van der Waals surface area contributed by atoms with E-state index < -0.39 is 38.0 Å². The van der Waals surface area contributed by atoms with Gasteiger partial charge < -0.3 is 5.32 Å². The fraction of sp³-hybridized carbons (Fsp3) is 0.300. The molecule has 2 atom stereocenters. The van der Waals surface area contributed by atoms with Crippen molar-refractivity contribution in [1.82, 2.24) is 10.3 Å². The lowest BCUT2D eigenvalue weighted by Gasteiger charge is -2.39. The van der Waals surface area contributed by atoms with Crippen LogP contribution >= 0.6 is 11.3 Å². The molecule has 0 spiro atoms. The lowest BCUT2D eigenvalue weighted by Crippen LogP contribution is -2.59. The Morgan fingerprint density at radius 2 is 2.03 bits per heavy atom. The van der Waals surface area contributed by atoms with Crippen molar-refractivity contribution in [3.05, 3.63) is 64.2 Å². The number of nitrogens with one attached hydrogen (secondary N) is 2. The zero-order valence-electron chi connectivity index (χ0n) is 15.8. The molecule has 4 rings (SSSR count). The first-order valence-corrected chi connectivity index (χ1v) is 11.4. The maximum Gasteiger partial charge on any atom is 0.165 e. The summed E-state index contributed by atoms with van der Waals surface area (Å²) in [6.45, 7) is 3.40. The summed E-state index contributed by atoms with van der Waals surface area (Å²) in [4.78, 5) is 4.40. The highest BCUT2D eigenvalue weighted by Crippen LogP contribution is 2.34. The second-order valence-electron chi connectivity index (χ2n) is 7.46. The number of benzene rings is 2. The highest BCUT2D eigenvalue weighted by molar-refractivity contribution is 7.93. The van der Waals surface area contributed by atoms with Crippen LogP contribution in [0.25, 0.3) is 10.2 Å². The monoisotopic (exact) mass is 435 g/mol. The highest BCUT2D eigenvalue weighted by atomic mass is 32.2. The molecular weight excluding hydrogens is 416 g/mol. The van der Waals surface area contributed by atoms with Gasteiger partial charge in [0, 0.05) is 5.56 Å².